The molecule has 0 saturated carbocycles. The minimum atomic E-state index is -0.801. The van der Waals surface area contributed by atoms with Gasteiger partial charge in [-0.05, 0) is 12.0 Å². The molecule has 1 fully saturated rings. The van der Waals surface area contributed by atoms with Crippen LogP contribution in [0.1, 0.15) is 30.9 Å². The van der Waals surface area contributed by atoms with Crippen molar-refractivity contribution in [2.45, 2.75) is 31.5 Å². The summed E-state index contributed by atoms with van der Waals surface area (Å²) in [5.74, 6) is -0.801. The first-order valence-electron chi connectivity index (χ1n) is 6.01. The lowest BCUT2D eigenvalue weighted by atomic mass is 10.0. The third-order valence-electron chi connectivity index (χ3n) is 3.14. The molecular formula is C15H16O3. The number of hydrogen-bond acceptors (Lipinski definition) is 2. The van der Waals surface area contributed by atoms with E-state index in [2.05, 4.69) is 12.3 Å². The van der Waals surface area contributed by atoms with Crippen LogP contribution in [0.25, 0.3) is 0 Å². The Kier molecular flexibility index (Phi) is 3.98. The highest BCUT2D eigenvalue weighted by Gasteiger charge is 2.30. The summed E-state index contributed by atoms with van der Waals surface area (Å²) in [6.07, 6.45) is 1.17. The molecule has 0 bridgehead atoms. The van der Waals surface area contributed by atoms with E-state index in [9.17, 15) is 4.79 Å². The molecule has 0 aromatic heterocycles. The number of rotatable bonds is 4. The van der Waals surface area contributed by atoms with Crippen molar-refractivity contribution < 1.29 is 14.6 Å². The summed E-state index contributed by atoms with van der Waals surface area (Å²) in [6, 6.07) is 9.95. The molecule has 0 aliphatic carbocycles. The Hall–Kier alpha value is -1.83. The summed E-state index contributed by atoms with van der Waals surface area (Å²) >= 11 is 0. The van der Waals surface area contributed by atoms with Crippen LogP contribution in [0.4, 0.5) is 0 Å². The minimum absolute atomic E-state index is 0.00533. The van der Waals surface area contributed by atoms with Gasteiger partial charge in [0.05, 0.1) is 12.2 Å². The molecule has 0 unspecified atom stereocenters. The van der Waals surface area contributed by atoms with Crippen LogP contribution < -0.4 is 0 Å². The summed E-state index contributed by atoms with van der Waals surface area (Å²) in [5.41, 5.74) is 4.98. The first-order chi connectivity index (χ1) is 8.70. The maximum Gasteiger partial charge on any atom is 0.303 e. The van der Waals surface area contributed by atoms with Crippen LogP contribution in [0.5, 0.6) is 0 Å². The molecule has 1 aliphatic heterocycles. The maximum atomic E-state index is 10.6. The van der Waals surface area contributed by atoms with Crippen LogP contribution in [-0.2, 0) is 9.53 Å². The van der Waals surface area contributed by atoms with Gasteiger partial charge in [-0.25, -0.2) is 0 Å². The van der Waals surface area contributed by atoms with Gasteiger partial charge in [-0.1, -0.05) is 36.9 Å². The molecule has 94 valence electrons. The van der Waals surface area contributed by atoms with Gasteiger partial charge in [-0.15, -0.1) is 5.73 Å². The Bertz CT molecular complexity index is 472. The largest absolute Gasteiger partial charge is 0.481 e. The van der Waals surface area contributed by atoms with Crippen molar-refractivity contribution in [3.63, 3.8) is 0 Å². The molecule has 0 amide bonds. The van der Waals surface area contributed by atoms with Crippen LogP contribution >= 0.6 is 0 Å². The number of carboxylic acids is 1. The van der Waals surface area contributed by atoms with Gasteiger partial charge in [0.2, 0.25) is 0 Å². The zero-order valence-electron chi connectivity index (χ0n) is 10.1. The average molecular weight is 244 g/mol. The Morgan fingerprint density at radius 2 is 2.17 bits per heavy atom. The highest BCUT2D eigenvalue weighted by molar-refractivity contribution is 5.66. The van der Waals surface area contributed by atoms with E-state index >= 15 is 0 Å². The van der Waals surface area contributed by atoms with Gasteiger partial charge < -0.3 is 9.84 Å². The van der Waals surface area contributed by atoms with Crippen molar-refractivity contribution in [3.8, 4) is 0 Å². The van der Waals surface area contributed by atoms with Crippen LogP contribution in [0, 0.1) is 0 Å². The molecule has 1 aromatic carbocycles. The first-order valence-corrected chi connectivity index (χ1v) is 6.01. The highest BCUT2D eigenvalue weighted by Crippen LogP contribution is 2.37. The van der Waals surface area contributed by atoms with E-state index in [1.165, 1.54) is 0 Å². The van der Waals surface area contributed by atoms with E-state index in [1.54, 1.807) is 0 Å². The van der Waals surface area contributed by atoms with Crippen molar-refractivity contribution in [2.75, 3.05) is 0 Å². The Morgan fingerprint density at radius 3 is 2.78 bits per heavy atom. The number of aliphatic carboxylic acids is 1. The Morgan fingerprint density at radius 1 is 1.44 bits per heavy atom. The Labute approximate surface area is 106 Å². The highest BCUT2D eigenvalue weighted by atomic mass is 16.5. The van der Waals surface area contributed by atoms with Crippen LogP contribution in [0.15, 0.2) is 48.2 Å². The topological polar surface area (TPSA) is 46.5 Å². The molecule has 0 spiro atoms. The van der Waals surface area contributed by atoms with Gasteiger partial charge in [0.1, 0.15) is 0 Å². The van der Waals surface area contributed by atoms with Crippen molar-refractivity contribution in [1.82, 2.24) is 0 Å². The summed E-state index contributed by atoms with van der Waals surface area (Å²) in [7, 11) is 0. The van der Waals surface area contributed by atoms with E-state index in [0.717, 1.165) is 17.6 Å². The van der Waals surface area contributed by atoms with Gasteiger partial charge >= 0.3 is 5.97 Å². The number of carboxylic acid groups (broad SMARTS) is 1. The summed E-state index contributed by atoms with van der Waals surface area (Å²) in [4.78, 5) is 10.6. The van der Waals surface area contributed by atoms with Crippen LogP contribution in [0.2, 0.25) is 0 Å². The molecule has 1 aliphatic rings. The van der Waals surface area contributed by atoms with Gasteiger partial charge in [0, 0.05) is 18.4 Å². The summed E-state index contributed by atoms with van der Waals surface area (Å²) in [5, 5.41) is 8.71. The van der Waals surface area contributed by atoms with Crippen molar-refractivity contribution in [2.24, 2.45) is 0 Å². The number of carbonyl (C=O) groups is 1. The zero-order valence-corrected chi connectivity index (χ0v) is 10.1. The third-order valence-corrected chi connectivity index (χ3v) is 3.14. The molecule has 1 aromatic rings. The molecule has 18 heavy (non-hydrogen) atoms. The molecule has 3 nitrogen and oxygen atoms in total. The third kappa shape index (κ3) is 2.89. The smallest absolute Gasteiger partial charge is 0.303 e. The van der Waals surface area contributed by atoms with Crippen LogP contribution in [-0.4, -0.2) is 17.2 Å². The first kappa shape index (κ1) is 12.6. The molecule has 2 rings (SSSR count). The summed E-state index contributed by atoms with van der Waals surface area (Å²) in [6.45, 7) is 3.66. The number of hydrogen-bond donors (Lipinski definition) is 1. The molecule has 1 heterocycles. The van der Waals surface area contributed by atoms with Gasteiger partial charge in [-0.3, -0.25) is 4.79 Å². The predicted molar refractivity (Wildman–Crippen MR) is 68.2 cm³/mol. The monoisotopic (exact) mass is 244 g/mol. The lowest BCUT2D eigenvalue weighted by Crippen LogP contribution is -2.10. The summed E-state index contributed by atoms with van der Waals surface area (Å²) < 4.78 is 5.90. The molecule has 3 heteroatoms. The number of benzene rings is 1. The van der Waals surface area contributed by atoms with Crippen molar-refractivity contribution in [1.29, 1.82) is 0 Å². The van der Waals surface area contributed by atoms with Gasteiger partial charge in [-0.2, -0.15) is 0 Å². The molecule has 0 radical (unpaired) electrons. The molecule has 2 atom stereocenters. The van der Waals surface area contributed by atoms with E-state index in [0.29, 0.717) is 6.42 Å². The zero-order chi connectivity index (χ0) is 13.0. The van der Waals surface area contributed by atoms with Crippen LogP contribution in [0.3, 0.4) is 0 Å². The predicted octanol–water partition coefficient (Wildman–Crippen LogP) is 3.09. The molecular weight excluding hydrogens is 228 g/mol. The maximum absolute atomic E-state index is 10.6. The fourth-order valence-electron chi connectivity index (χ4n) is 2.21. The SMILES string of the molecule is C=C=C1C[C@@H](c2ccccc2)O[C@H]1CCC(=O)O. The lowest BCUT2D eigenvalue weighted by molar-refractivity contribution is -0.137. The normalized spacial score (nSPS) is 22.8. The van der Waals surface area contributed by atoms with Crippen molar-refractivity contribution in [3.05, 3.63) is 53.8 Å². The van der Waals surface area contributed by atoms with E-state index in [4.69, 9.17) is 9.84 Å². The standard InChI is InChI=1S/C15H16O3/c1-2-11-10-14(12-6-4-3-5-7-12)18-13(11)8-9-15(16)17/h3-7,13-14H,1,8-10H2,(H,16,17)/t13-,14-/m0/s1. The minimum Gasteiger partial charge on any atom is -0.481 e. The Balaban J connectivity index is 2.07. The number of ether oxygens (including phenoxy) is 1. The quantitative estimate of drug-likeness (QED) is 0.828. The second kappa shape index (κ2) is 5.67. The van der Waals surface area contributed by atoms with Crippen molar-refractivity contribution >= 4 is 5.97 Å². The molecule has 1 saturated heterocycles. The lowest BCUT2D eigenvalue weighted by Gasteiger charge is -2.12. The van der Waals surface area contributed by atoms with Gasteiger partial charge in [0.25, 0.3) is 0 Å². The van der Waals surface area contributed by atoms with E-state index < -0.39 is 5.97 Å². The fraction of sp³-hybridized carbons (Fsp3) is 0.333. The molecule has 1 N–H and O–H groups in total. The van der Waals surface area contributed by atoms with E-state index in [1.807, 2.05) is 30.3 Å². The average Bonchev–Trinajstić information content (AvgIpc) is 2.80. The van der Waals surface area contributed by atoms with E-state index in [-0.39, 0.29) is 18.6 Å². The fourth-order valence-corrected chi connectivity index (χ4v) is 2.21. The second-order valence-electron chi connectivity index (χ2n) is 4.36. The second-order valence-corrected chi connectivity index (χ2v) is 4.36. The van der Waals surface area contributed by atoms with Gasteiger partial charge in [0.15, 0.2) is 0 Å².